The molecule has 2 unspecified atom stereocenters. The van der Waals surface area contributed by atoms with E-state index < -0.39 is 0 Å². The predicted molar refractivity (Wildman–Crippen MR) is 73.3 cm³/mol. The summed E-state index contributed by atoms with van der Waals surface area (Å²) >= 11 is 3.54. The maximum Gasteiger partial charge on any atom is 0.127 e. The van der Waals surface area contributed by atoms with E-state index in [1.54, 1.807) is 0 Å². The van der Waals surface area contributed by atoms with Gasteiger partial charge in [0, 0.05) is 35.1 Å². The van der Waals surface area contributed by atoms with Crippen LogP contribution in [-0.2, 0) is 13.0 Å². The molecule has 1 aromatic carbocycles. The zero-order chi connectivity index (χ0) is 12.4. The third-order valence-electron chi connectivity index (χ3n) is 3.23. The van der Waals surface area contributed by atoms with Crippen molar-refractivity contribution in [1.29, 1.82) is 0 Å². The van der Waals surface area contributed by atoms with Crippen LogP contribution in [0.3, 0.4) is 0 Å². The summed E-state index contributed by atoms with van der Waals surface area (Å²) in [6, 6.07) is 4.70. The number of nitrogens with one attached hydrogen (secondary N) is 1. The van der Waals surface area contributed by atoms with Crippen molar-refractivity contribution in [2.24, 2.45) is 5.73 Å². The topological polar surface area (TPSA) is 47.3 Å². The Labute approximate surface area is 111 Å². The molecule has 0 aliphatic carbocycles. The molecule has 1 aliphatic heterocycles. The van der Waals surface area contributed by atoms with Crippen LogP contribution >= 0.6 is 15.9 Å². The molecule has 2 atom stereocenters. The van der Waals surface area contributed by atoms with Crippen LogP contribution < -0.4 is 15.8 Å². The highest BCUT2D eigenvalue weighted by Crippen LogP contribution is 2.32. The van der Waals surface area contributed by atoms with Crippen LogP contribution in [0.15, 0.2) is 16.6 Å². The van der Waals surface area contributed by atoms with Crippen molar-refractivity contribution in [2.75, 3.05) is 6.61 Å². The van der Waals surface area contributed by atoms with Gasteiger partial charge in [-0.1, -0.05) is 15.9 Å². The van der Waals surface area contributed by atoms with E-state index in [1.807, 2.05) is 6.92 Å². The standard InChI is InChI=1S/C13H19BrN2O/c1-8(15)9(2)16-7-11-6-12(14)5-10-3-4-17-13(10)11/h5-6,8-9,16H,3-4,7,15H2,1-2H3. The number of nitrogens with two attached hydrogens (primary N) is 1. The first-order chi connectivity index (χ1) is 8.08. The summed E-state index contributed by atoms with van der Waals surface area (Å²) in [5.74, 6) is 1.05. The highest BCUT2D eigenvalue weighted by atomic mass is 79.9. The number of ether oxygens (including phenoxy) is 1. The van der Waals surface area contributed by atoms with Gasteiger partial charge in [0.25, 0.3) is 0 Å². The Kier molecular flexibility index (Phi) is 4.07. The third kappa shape index (κ3) is 3.00. The molecule has 0 fully saturated rings. The van der Waals surface area contributed by atoms with Gasteiger partial charge in [-0.05, 0) is 31.5 Å². The van der Waals surface area contributed by atoms with Crippen molar-refractivity contribution in [1.82, 2.24) is 5.32 Å². The number of halogens is 1. The average Bonchev–Trinajstić information content (AvgIpc) is 2.72. The van der Waals surface area contributed by atoms with Crippen molar-refractivity contribution in [3.63, 3.8) is 0 Å². The molecular weight excluding hydrogens is 280 g/mol. The van der Waals surface area contributed by atoms with Gasteiger partial charge in [0.1, 0.15) is 5.75 Å². The number of fused-ring (bicyclic) bond motifs is 1. The van der Waals surface area contributed by atoms with Gasteiger partial charge in [-0.2, -0.15) is 0 Å². The van der Waals surface area contributed by atoms with Gasteiger partial charge in [0.2, 0.25) is 0 Å². The van der Waals surface area contributed by atoms with Crippen LogP contribution in [-0.4, -0.2) is 18.7 Å². The first kappa shape index (κ1) is 12.9. The van der Waals surface area contributed by atoms with E-state index in [2.05, 4.69) is 40.3 Å². The predicted octanol–water partition coefficient (Wildman–Crippen LogP) is 2.21. The zero-order valence-electron chi connectivity index (χ0n) is 10.3. The molecule has 2 rings (SSSR count). The molecule has 0 radical (unpaired) electrons. The minimum absolute atomic E-state index is 0.149. The van der Waals surface area contributed by atoms with Crippen molar-refractivity contribution in [3.05, 3.63) is 27.7 Å². The van der Waals surface area contributed by atoms with E-state index in [-0.39, 0.29) is 6.04 Å². The van der Waals surface area contributed by atoms with Crippen LogP contribution in [0.5, 0.6) is 5.75 Å². The summed E-state index contributed by atoms with van der Waals surface area (Å²) < 4.78 is 6.80. The second-order valence-corrected chi connectivity index (χ2v) is 5.60. The molecule has 0 aromatic heterocycles. The molecule has 17 heavy (non-hydrogen) atoms. The molecule has 0 spiro atoms. The molecule has 0 bridgehead atoms. The first-order valence-corrected chi connectivity index (χ1v) is 6.80. The van der Waals surface area contributed by atoms with Gasteiger partial charge in [0.15, 0.2) is 0 Å². The largest absolute Gasteiger partial charge is 0.493 e. The van der Waals surface area contributed by atoms with E-state index in [0.29, 0.717) is 6.04 Å². The minimum atomic E-state index is 0.149. The molecule has 94 valence electrons. The molecule has 1 heterocycles. The van der Waals surface area contributed by atoms with E-state index in [4.69, 9.17) is 10.5 Å². The second-order valence-electron chi connectivity index (χ2n) is 4.68. The Morgan fingerprint density at radius 1 is 1.47 bits per heavy atom. The van der Waals surface area contributed by atoms with E-state index in [0.717, 1.165) is 29.8 Å². The van der Waals surface area contributed by atoms with Gasteiger partial charge in [0.05, 0.1) is 6.61 Å². The minimum Gasteiger partial charge on any atom is -0.493 e. The first-order valence-electron chi connectivity index (χ1n) is 6.01. The highest BCUT2D eigenvalue weighted by Gasteiger charge is 2.18. The molecule has 1 aliphatic rings. The number of benzene rings is 1. The Bertz CT molecular complexity index is 407. The van der Waals surface area contributed by atoms with E-state index in [9.17, 15) is 0 Å². The maximum atomic E-state index is 5.84. The Morgan fingerprint density at radius 2 is 2.24 bits per heavy atom. The summed E-state index contributed by atoms with van der Waals surface area (Å²) in [5.41, 5.74) is 8.34. The summed E-state index contributed by atoms with van der Waals surface area (Å²) in [7, 11) is 0. The van der Waals surface area contributed by atoms with Crippen LogP contribution in [0.25, 0.3) is 0 Å². The van der Waals surface area contributed by atoms with Crippen LogP contribution in [0.2, 0.25) is 0 Å². The quantitative estimate of drug-likeness (QED) is 0.896. The van der Waals surface area contributed by atoms with Crippen molar-refractivity contribution in [2.45, 2.75) is 38.9 Å². The van der Waals surface area contributed by atoms with Crippen molar-refractivity contribution < 1.29 is 4.74 Å². The Morgan fingerprint density at radius 3 is 2.94 bits per heavy atom. The number of rotatable bonds is 4. The molecule has 3 nitrogen and oxygen atoms in total. The second kappa shape index (κ2) is 5.38. The van der Waals surface area contributed by atoms with Gasteiger partial charge in [-0.15, -0.1) is 0 Å². The Balaban J connectivity index is 2.11. The average molecular weight is 299 g/mol. The van der Waals surface area contributed by atoms with Gasteiger partial charge >= 0.3 is 0 Å². The monoisotopic (exact) mass is 298 g/mol. The number of hydrogen-bond acceptors (Lipinski definition) is 3. The van der Waals surface area contributed by atoms with Gasteiger partial charge in [-0.25, -0.2) is 0 Å². The van der Waals surface area contributed by atoms with E-state index in [1.165, 1.54) is 11.1 Å². The lowest BCUT2D eigenvalue weighted by Crippen LogP contribution is -2.40. The summed E-state index contributed by atoms with van der Waals surface area (Å²) in [6.45, 7) is 5.70. The SMILES string of the molecule is CC(N)C(C)NCc1cc(Br)cc2c1OCC2. The molecule has 0 saturated carbocycles. The zero-order valence-corrected chi connectivity index (χ0v) is 11.9. The molecule has 1 aromatic rings. The lowest BCUT2D eigenvalue weighted by Gasteiger charge is -2.18. The lowest BCUT2D eigenvalue weighted by atomic mass is 10.1. The van der Waals surface area contributed by atoms with Crippen molar-refractivity contribution >= 4 is 15.9 Å². The number of hydrogen-bond donors (Lipinski definition) is 2. The highest BCUT2D eigenvalue weighted by molar-refractivity contribution is 9.10. The Hall–Kier alpha value is -0.580. The normalized spacial score (nSPS) is 17.4. The molecule has 3 N–H and O–H groups in total. The molecule has 0 saturated heterocycles. The molecule has 0 amide bonds. The van der Waals surface area contributed by atoms with Crippen molar-refractivity contribution in [3.8, 4) is 5.75 Å². The molecular formula is C13H19BrN2O. The molecule has 4 heteroatoms. The van der Waals surface area contributed by atoms with Crippen LogP contribution in [0, 0.1) is 0 Å². The summed E-state index contributed by atoms with van der Waals surface area (Å²) in [5, 5.41) is 3.43. The fourth-order valence-corrected chi connectivity index (χ4v) is 2.49. The summed E-state index contributed by atoms with van der Waals surface area (Å²) in [4.78, 5) is 0. The fourth-order valence-electron chi connectivity index (χ4n) is 1.93. The smallest absolute Gasteiger partial charge is 0.127 e. The van der Waals surface area contributed by atoms with E-state index >= 15 is 0 Å². The van der Waals surface area contributed by atoms with Crippen LogP contribution in [0.1, 0.15) is 25.0 Å². The fraction of sp³-hybridized carbons (Fsp3) is 0.538. The maximum absolute atomic E-state index is 5.84. The third-order valence-corrected chi connectivity index (χ3v) is 3.69. The van der Waals surface area contributed by atoms with Gasteiger partial charge in [-0.3, -0.25) is 0 Å². The van der Waals surface area contributed by atoms with Gasteiger partial charge < -0.3 is 15.8 Å². The van der Waals surface area contributed by atoms with Crippen LogP contribution in [0.4, 0.5) is 0 Å². The summed E-state index contributed by atoms with van der Waals surface area (Å²) in [6.07, 6.45) is 1.00. The lowest BCUT2D eigenvalue weighted by molar-refractivity contribution is 0.351.